The topological polar surface area (TPSA) is 388 Å². The van der Waals surface area contributed by atoms with Crippen molar-refractivity contribution in [1.82, 2.24) is 0 Å². The maximum Gasteiger partial charge on any atom is 0.313 e. The Kier molecular flexibility index (Phi) is 19.3. The van der Waals surface area contributed by atoms with Gasteiger partial charge >= 0.3 is 5.97 Å². The Morgan fingerprint density at radius 2 is 1.21 bits per heavy atom. The zero-order valence-corrected chi connectivity index (χ0v) is 50.0. The average molecular weight is 1220 g/mol. The van der Waals surface area contributed by atoms with Gasteiger partial charge in [0.15, 0.2) is 31.5 Å². The summed E-state index contributed by atoms with van der Waals surface area (Å²) < 4.78 is 72.8. The number of carbonyl (C=O) groups excluding carboxylic acids is 2. The smallest absolute Gasteiger partial charge is 0.313 e. The number of ketones is 1. The second-order valence-corrected chi connectivity index (χ2v) is 27.7. The standard InChI is InChI=1S/C59H94O26/c1-24(2)18-26(62)19-58(8)34-13-16-57(7)28-10-11-33-55(4,5)35(14-15-56(33,6)27(28)12-17-59(34,57)54(73)85-58)80-52-47(36(65)29(63)22-76-52)84-53-48(83-50-40(69)39(68)37(66)31(20-60)78-50)41(70)44(25(3)77-53)81-51-43(72)46(38(67)32(21-61)79-51)82-49-42(71)45(74-9)30(64)23-75-49/h10,24-25,27,29-53,60-61,63-72H,11-23H2,1-9H3/t25-,27?,29-,30-,31-,32-,33?,34-,35+,36+,37-,38-,39+,40-,41+,42-,43-,44-,45+,46+,47-,48-,49+,50+,51+,52+,53+,56-,57+,58+,59-/m1/s1. The molecule has 0 aromatic heterocycles. The fourth-order valence-corrected chi connectivity index (χ4v) is 17.3. The molecule has 0 aromatic carbocycles. The summed E-state index contributed by atoms with van der Waals surface area (Å²) in [5, 5.41) is 133. The van der Waals surface area contributed by atoms with Crippen molar-refractivity contribution in [2.75, 3.05) is 33.5 Å². The first-order valence-electron chi connectivity index (χ1n) is 30.5. The lowest BCUT2D eigenvalue weighted by atomic mass is 9.41. The molecular formula is C59H94O26. The minimum absolute atomic E-state index is 0.0508. The fraction of sp³-hybridized carbons (Fsp3) is 0.932. The third-order valence-electron chi connectivity index (χ3n) is 21.8. The van der Waals surface area contributed by atoms with Gasteiger partial charge in [0.1, 0.15) is 115 Å². The van der Waals surface area contributed by atoms with Gasteiger partial charge in [-0.2, -0.15) is 0 Å². The van der Waals surface area contributed by atoms with Crippen LogP contribution in [0.3, 0.4) is 0 Å². The van der Waals surface area contributed by atoms with Crippen LogP contribution >= 0.6 is 0 Å². The quantitative estimate of drug-likeness (QED) is 0.0572. The van der Waals surface area contributed by atoms with E-state index in [0.29, 0.717) is 25.7 Å². The van der Waals surface area contributed by atoms with E-state index in [1.54, 1.807) is 0 Å². The molecule has 6 aliphatic heterocycles. The van der Waals surface area contributed by atoms with Crippen molar-refractivity contribution in [1.29, 1.82) is 0 Å². The average Bonchev–Trinajstić information content (AvgIpc) is 1.57. The van der Waals surface area contributed by atoms with E-state index in [9.17, 15) is 70.9 Å². The third-order valence-corrected chi connectivity index (χ3v) is 21.8. The van der Waals surface area contributed by atoms with Gasteiger partial charge in [0.2, 0.25) is 0 Å². The molecular weight excluding hydrogens is 1120 g/mol. The summed E-state index contributed by atoms with van der Waals surface area (Å²) in [5.74, 6) is 0.220. The molecule has 6 saturated heterocycles. The Labute approximate surface area is 494 Å². The molecule has 486 valence electrons. The molecule has 6 heterocycles. The third kappa shape index (κ3) is 11.2. The van der Waals surface area contributed by atoms with E-state index >= 15 is 0 Å². The molecule has 10 rings (SSSR count). The minimum atomic E-state index is -2.01. The van der Waals surface area contributed by atoms with Crippen molar-refractivity contribution in [3.63, 3.8) is 0 Å². The van der Waals surface area contributed by atoms with Crippen molar-refractivity contribution in [2.24, 2.45) is 45.3 Å². The number of Topliss-reactive ketones (excluding diaryl/α,β-unsaturated/α-hetero) is 1. The number of hydrogen-bond donors (Lipinski definition) is 12. The first-order chi connectivity index (χ1) is 40.0. The number of hydrogen-bond acceptors (Lipinski definition) is 26. The van der Waals surface area contributed by atoms with Gasteiger partial charge in [0.05, 0.1) is 44.1 Å². The highest BCUT2D eigenvalue weighted by Gasteiger charge is 2.76. The summed E-state index contributed by atoms with van der Waals surface area (Å²) in [6, 6.07) is 0. The van der Waals surface area contributed by atoms with Gasteiger partial charge < -0.3 is 118 Å². The number of ether oxygens (including phenoxy) is 12. The summed E-state index contributed by atoms with van der Waals surface area (Å²) in [7, 11) is 1.24. The van der Waals surface area contributed by atoms with Crippen LogP contribution in [0.15, 0.2) is 11.6 Å². The van der Waals surface area contributed by atoms with E-state index in [4.69, 9.17) is 56.8 Å². The fourth-order valence-electron chi connectivity index (χ4n) is 17.3. The summed E-state index contributed by atoms with van der Waals surface area (Å²) in [4.78, 5) is 27.8. The van der Waals surface area contributed by atoms with E-state index in [1.165, 1.54) is 19.6 Å². The number of fused-ring (bicyclic) bond motifs is 4. The second kappa shape index (κ2) is 24.9. The highest BCUT2D eigenvalue weighted by atomic mass is 16.8. The van der Waals surface area contributed by atoms with Gasteiger partial charge in [-0.05, 0) is 87.4 Å². The van der Waals surface area contributed by atoms with Gasteiger partial charge in [-0.25, -0.2) is 0 Å². The van der Waals surface area contributed by atoms with Crippen LogP contribution in [0.4, 0.5) is 0 Å². The first kappa shape index (κ1) is 65.9. The van der Waals surface area contributed by atoms with E-state index < -0.39 is 182 Å². The van der Waals surface area contributed by atoms with Crippen LogP contribution in [0.5, 0.6) is 0 Å². The summed E-state index contributed by atoms with van der Waals surface area (Å²) in [6.07, 6.45) is -30.9. The minimum Gasteiger partial charge on any atom is -0.458 e. The molecule has 2 unspecified atom stereocenters. The molecule has 3 saturated carbocycles. The molecule has 10 aliphatic rings. The van der Waals surface area contributed by atoms with Gasteiger partial charge in [0, 0.05) is 31.3 Å². The van der Waals surface area contributed by atoms with Crippen LogP contribution in [0, 0.1) is 45.3 Å². The lowest BCUT2D eigenvalue weighted by Gasteiger charge is -2.64. The zero-order chi connectivity index (χ0) is 61.8. The number of rotatable bonds is 17. The molecule has 31 atom stereocenters. The Balaban J connectivity index is 0.883. The molecule has 26 heteroatoms. The van der Waals surface area contributed by atoms with Crippen molar-refractivity contribution >= 4 is 11.8 Å². The Morgan fingerprint density at radius 3 is 1.88 bits per heavy atom. The number of carbonyl (C=O) groups is 2. The molecule has 85 heavy (non-hydrogen) atoms. The number of cyclic esters (lactones) is 1. The maximum absolute atomic E-state index is 14.5. The Morgan fingerprint density at radius 1 is 0.612 bits per heavy atom. The molecule has 0 aromatic rings. The van der Waals surface area contributed by atoms with Gasteiger partial charge in [-0.15, -0.1) is 0 Å². The largest absolute Gasteiger partial charge is 0.458 e. The van der Waals surface area contributed by atoms with E-state index in [1.807, 2.05) is 20.8 Å². The van der Waals surface area contributed by atoms with Crippen LogP contribution in [-0.2, 0) is 66.4 Å². The zero-order valence-electron chi connectivity index (χ0n) is 50.0. The molecule has 26 nitrogen and oxygen atoms in total. The lowest BCUT2D eigenvalue weighted by Crippen LogP contribution is -2.68. The maximum atomic E-state index is 14.5. The molecule has 4 aliphatic carbocycles. The second-order valence-electron chi connectivity index (χ2n) is 27.7. The van der Waals surface area contributed by atoms with Crippen LogP contribution in [0.25, 0.3) is 0 Å². The Bertz CT molecular complexity index is 2380. The number of allylic oxidation sites excluding steroid dienone is 2. The summed E-state index contributed by atoms with van der Waals surface area (Å²) in [6.45, 7) is 13.9. The predicted molar refractivity (Wildman–Crippen MR) is 287 cm³/mol. The van der Waals surface area contributed by atoms with Crippen LogP contribution in [-0.4, -0.2) is 260 Å². The molecule has 1 spiro atoms. The van der Waals surface area contributed by atoms with E-state index in [2.05, 4.69) is 33.8 Å². The molecule has 12 N–H and O–H groups in total. The molecule has 0 amide bonds. The van der Waals surface area contributed by atoms with Crippen LogP contribution < -0.4 is 0 Å². The lowest BCUT2D eigenvalue weighted by molar-refractivity contribution is -0.405. The summed E-state index contributed by atoms with van der Waals surface area (Å²) >= 11 is 0. The first-order valence-corrected chi connectivity index (χ1v) is 30.5. The van der Waals surface area contributed by atoms with Crippen molar-refractivity contribution in [3.05, 3.63) is 11.6 Å². The Hall–Kier alpha value is -2.04. The van der Waals surface area contributed by atoms with Gasteiger partial charge in [0.25, 0.3) is 0 Å². The van der Waals surface area contributed by atoms with Crippen molar-refractivity contribution in [3.8, 4) is 0 Å². The summed E-state index contributed by atoms with van der Waals surface area (Å²) in [5.41, 5.74) is -1.57. The predicted octanol–water partition coefficient (Wildman–Crippen LogP) is -1.67. The molecule has 9 fully saturated rings. The van der Waals surface area contributed by atoms with E-state index in [-0.39, 0.29) is 60.5 Å². The molecule has 0 radical (unpaired) electrons. The molecule has 0 bridgehead atoms. The monoisotopic (exact) mass is 1220 g/mol. The van der Waals surface area contributed by atoms with E-state index in [0.717, 1.165) is 25.7 Å². The number of esters is 1. The SMILES string of the molecule is CO[C@@H]1[C@@H](O)[C@H](O[C@@H]2[C@@H](O)[C@H](O[C@H]3[C@H](O)[C@@H](O[C@@H]4O[C@H](CO)[C@@H](O)[C@H](O)[C@H]4O)[C@H](O[C@H]4[C@H](O[C@H]5CC[C@]6(C)C7CC[C@]89C(=O)O[C@@](C)(CC(=O)CC(C)C)[C@H]8CC[C@@]9(C)C7=CCC6C5(C)C)OC[C@@H](O)[C@@H]4O)O[C@@H]3C)O[C@H](CO)[C@H]2O)OC[C@H]1O. The van der Waals surface area contributed by atoms with Crippen molar-refractivity contribution < 1.29 is 128 Å². The highest BCUT2D eigenvalue weighted by molar-refractivity contribution is 5.86. The number of aliphatic hydroxyl groups is 12. The van der Waals surface area contributed by atoms with Gasteiger partial charge in [-0.3, -0.25) is 9.59 Å². The highest BCUT2D eigenvalue weighted by Crippen LogP contribution is 2.76. The normalized spacial score (nSPS) is 52.4. The van der Waals surface area contributed by atoms with Crippen LogP contribution in [0.1, 0.15) is 113 Å². The van der Waals surface area contributed by atoms with Crippen LogP contribution in [0.2, 0.25) is 0 Å². The number of methoxy groups -OCH3 is 1. The van der Waals surface area contributed by atoms with Gasteiger partial charge in [-0.1, -0.05) is 53.2 Å². The van der Waals surface area contributed by atoms with Crippen molar-refractivity contribution in [2.45, 2.75) is 266 Å². The number of aliphatic hydroxyl groups excluding tert-OH is 12.